The normalized spacial score (nSPS) is 18.2. The number of fused-ring (bicyclic) bond motifs is 1. The first-order valence-corrected chi connectivity index (χ1v) is 6.06. The van der Waals surface area contributed by atoms with Crippen molar-refractivity contribution < 1.29 is 14.3 Å². The molecule has 2 atom stereocenters. The summed E-state index contributed by atoms with van der Waals surface area (Å²) in [5, 5.41) is 2.70. The van der Waals surface area contributed by atoms with Gasteiger partial charge in [-0.15, -0.1) is 12.3 Å². The van der Waals surface area contributed by atoms with Crippen molar-refractivity contribution >= 4 is 5.91 Å². The first kappa shape index (κ1) is 13.2. The van der Waals surface area contributed by atoms with Crippen molar-refractivity contribution in [1.29, 1.82) is 0 Å². The van der Waals surface area contributed by atoms with Gasteiger partial charge in [-0.25, -0.2) is 0 Å². The molecule has 0 radical (unpaired) electrons. The molecule has 1 heterocycles. The molecule has 1 aliphatic rings. The Morgan fingerprint density at radius 2 is 2.26 bits per heavy atom. The maximum Gasteiger partial charge on any atom is 0.238 e. The zero-order valence-electron chi connectivity index (χ0n) is 10.5. The molecule has 1 aromatic rings. The average Bonchev–Trinajstić information content (AvgIpc) is 2.44. The highest BCUT2D eigenvalue weighted by molar-refractivity contribution is 5.81. The van der Waals surface area contributed by atoms with E-state index in [-0.39, 0.29) is 18.4 Å². The van der Waals surface area contributed by atoms with E-state index in [4.69, 9.17) is 21.6 Å². The molecule has 0 aliphatic carbocycles. The summed E-state index contributed by atoms with van der Waals surface area (Å²) in [5.41, 5.74) is 5.59. The fourth-order valence-corrected chi connectivity index (χ4v) is 1.73. The number of rotatable bonds is 4. The molecule has 2 unspecified atom stereocenters. The number of para-hydroxylation sites is 2. The lowest BCUT2D eigenvalue weighted by atomic mass is 10.2. The van der Waals surface area contributed by atoms with Gasteiger partial charge in [0.1, 0.15) is 12.7 Å². The van der Waals surface area contributed by atoms with E-state index < -0.39 is 6.04 Å². The van der Waals surface area contributed by atoms with Crippen molar-refractivity contribution in [2.45, 2.75) is 18.6 Å². The Kier molecular flexibility index (Phi) is 4.26. The van der Waals surface area contributed by atoms with Gasteiger partial charge in [-0.3, -0.25) is 4.79 Å². The second-order valence-corrected chi connectivity index (χ2v) is 4.26. The molecule has 5 heteroatoms. The lowest BCUT2D eigenvalue weighted by Gasteiger charge is -2.26. The Morgan fingerprint density at radius 3 is 3.00 bits per heavy atom. The predicted molar refractivity (Wildman–Crippen MR) is 70.8 cm³/mol. The molecule has 2 rings (SSSR count). The highest BCUT2D eigenvalue weighted by Gasteiger charge is 2.22. The number of carbonyl (C=O) groups excluding carboxylic acids is 1. The van der Waals surface area contributed by atoms with Crippen LogP contribution in [0.5, 0.6) is 11.5 Å². The number of carbonyl (C=O) groups is 1. The van der Waals surface area contributed by atoms with E-state index in [0.29, 0.717) is 24.7 Å². The molecule has 0 fully saturated rings. The lowest BCUT2D eigenvalue weighted by molar-refractivity contribution is -0.122. The van der Waals surface area contributed by atoms with E-state index in [9.17, 15) is 4.79 Å². The van der Waals surface area contributed by atoms with Crippen LogP contribution in [0.25, 0.3) is 0 Å². The summed E-state index contributed by atoms with van der Waals surface area (Å²) in [4.78, 5) is 11.6. The van der Waals surface area contributed by atoms with Gasteiger partial charge >= 0.3 is 0 Å². The van der Waals surface area contributed by atoms with Crippen LogP contribution < -0.4 is 20.5 Å². The van der Waals surface area contributed by atoms with Crippen LogP contribution in [0.4, 0.5) is 0 Å². The van der Waals surface area contributed by atoms with Crippen LogP contribution >= 0.6 is 0 Å². The van der Waals surface area contributed by atoms with Crippen LogP contribution in [0.1, 0.15) is 6.42 Å². The van der Waals surface area contributed by atoms with Crippen molar-refractivity contribution in [3.8, 4) is 23.8 Å². The smallest absolute Gasteiger partial charge is 0.238 e. The van der Waals surface area contributed by atoms with Gasteiger partial charge in [0.25, 0.3) is 0 Å². The highest BCUT2D eigenvalue weighted by atomic mass is 16.6. The number of ether oxygens (including phenoxy) is 2. The maximum absolute atomic E-state index is 11.6. The summed E-state index contributed by atoms with van der Waals surface area (Å²) in [6.45, 7) is 0.729. The van der Waals surface area contributed by atoms with Crippen LogP contribution in [-0.4, -0.2) is 31.2 Å². The fourth-order valence-electron chi connectivity index (χ4n) is 1.73. The Hall–Kier alpha value is -2.19. The molecule has 5 nitrogen and oxygen atoms in total. The molecule has 0 saturated heterocycles. The second kappa shape index (κ2) is 6.12. The van der Waals surface area contributed by atoms with Gasteiger partial charge in [0, 0.05) is 6.42 Å². The number of terminal acetylenes is 1. The topological polar surface area (TPSA) is 73.6 Å². The number of hydrogen-bond donors (Lipinski definition) is 2. The fraction of sp³-hybridized carbons (Fsp3) is 0.357. The number of nitrogens with two attached hydrogens (primary N) is 1. The highest BCUT2D eigenvalue weighted by Crippen LogP contribution is 2.30. The van der Waals surface area contributed by atoms with Gasteiger partial charge in [-0.05, 0) is 12.1 Å². The monoisotopic (exact) mass is 260 g/mol. The predicted octanol–water partition coefficient (Wildman–Crippen LogP) is 0.293. The Morgan fingerprint density at radius 1 is 1.53 bits per heavy atom. The summed E-state index contributed by atoms with van der Waals surface area (Å²) in [7, 11) is 0. The Balaban J connectivity index is 1.83. The van der Waals surface area contributed by atoms with E-state index in [1.165, 1.54) is 0 Å². The second-order valence-electron chi connectivity index (χ2n) is 4.26. The molecule has 0 bridgehead atoms. The minimum Gasteiger partial charge on any atom is -0.486 e. The average molecular weight is 260 g/mol. The van der Waals surface area contributed by atoms with E-state index in [0.717, 1.165) is 0 Å². The van der Waals surface area contributed by atoms with Gasteiger partial charge in [0.2, 0.25) is 5.91 Å². The Bertz CT molecular complexity index is 496. The molecule has 1 amide bonds. The molecule has 100 valence electrons. The first-order chi connectivity index (χ1) is 9.20. The summed E-state index contributed by atoms with van der Waals surface area (Å²) >= 11 is 0. The van der Waals surface area contributed by atoms with E-state index >= 15 is 0 Å². The summed E-state index contributed by atoms with van der Waals surface area (Å²) in [6, 6.07) is 6.73. The summed E-state index contributed by atoms with van der Waals surface area (Å²) in [6.07, 6.45) is 5.10. The van der Waals surface area contributed by atoms with Crippen LogP contribution in [0, 0.1) is 12.3 Å². The maximum atomic E-state index is 11.6. The van der Waals surface area contributed by atoms with Gasteiger partial charge in [0.15, 0.2) is 11.5 Å². The minimum absolute atomic E-state index is 0.219. The number of benzene rings is 1. The summed E-state index contributed by atoms with van der Waals surface area (Å²) < 4.78 is 11.2. The minimum atomic E-state index is -0.679. The van der Waals surface area contributed by atoms with Gasteiger partial charge in [-0.2, -0.15) is 0 Å². The molecular weight excluding hydrogens is 244 g/mol. The zero-order chi connectivity index (χ0) is 13.7. The van der Waals surface area contributed by atoms with E-state index in [2.05, 4.69) is 11.2 Å². The standard InChI is InChI=1S/C14H16N2O3/c1-2-5-11(15)14(17)16-8-10-9-18-12-6-3-4-7-13(12)19-10/h1,3-4,6-7,10-11H,5,8-9,15H2,(H,16,17). The number of amides is 1. The van der Waals surface area contributed by atoms with Crippen molar-refractivity contribution in [1.82, 2.24) is 5.32 Å². The zero-order valence-corrected chi connectivity index (χ0v) is 10.5. The van der Waals surface area contributed by atoms with E-state index in [1.54, 1.807) is 0 Å². The molecule has 3 N–H and O–H groups in total. The van der Waals surface area contributed by atoms with Crippen molar-refractivity contribution in [3.05, 3.63) is 24.3 Å². The van der Waals surface area contributed by atoms with Crippen LogP contribution in [0.3, 0.4) is 0 Å². The third-order valence-electron chi connectivity index (χ3n) is 2.75. The molecular formula is C14H16N2O3. The quantitative estimate of drug-likeness (QED) is 0.763. The lowest BCUT2D eigenvalue weighted by Crippen LogP contribution is -2.46. The molecule has 0 saturated carbocycles. The van der Waals surface area contributed by atoms with Crippen LogP contribution in [0.2, 0.25) is 0 Å². The van der Waals surface area contributed by atoms with Crippen LogP contribution in [-0.2, 0) is 4.79 Å². The molecule has 0 aromatic heterocycles. The van der Waals surface area contributed by atoms with Crippen molar-refractivity contribution in [2.75, 3.05) is 13.2 Å². The number of nitrogens with one attached hydrogen (secondary N) is 1. The van der Waals surface area contributed by atoms with Gasteiger partial charge in [0.05, 0.1) is 12.6 Å². The van der Waals surface area contributed by atoms with Crippen LogP contribution in [0.15, 0.2) is 24.3 Å². The molecule has 1 aliphatic heterocycles. The van der Waals surface area contributed by atoms with E-state index in [1.807, 2.05) is 24.3 Å². The molecule has 0 spiro atoms. The number of hydrogen-bond acceptors (Lipinski definition) is 4. The molecule has 1 aromatic carbocycles. The van der Waals surface area contributed by atoms with Crippen molar-refractivity contribution in [2.24, 2.45) is 5.73 Å². The summed E-state index contributed by atoms with van der Waals surface area (Å²) in [5.74, 6) is 3.48. The SMILES string of the molecule is C#CCC(N)C(=O)NCC1COc2ccccc2O1. The van der Waals surface area contributed by atoms with Gasteiger partial charge in [-0.1, -0.05) is 12.1 Å². The van der Waals surface area contributed by atoms with Gasteiger partial charge < -0.3 is 20.5 Å². The largest absolute Gasteiger partial charge is 0.486 e. The third kappa shape index (κ3) is 3.39. The third-order valence-corrected chi connectivity index (χ3v) is 2.75. The first-order valence-electron chi connectivity index (χ1n) is 6.06. The van der Waals surface area contributed by atoms with Crippen molar-refractivity contribution in [3.63, 3.8) is 0 Å². The molecule has 19 heavy (non-hydrogen) atoms. The Labute approximate surface area is 112 Å².